The molecule has 0 aliphatic rings. The Labute approximate surface area is 115 Å². The lowest BCUT2D eigenvalue weighted by Crippen LogP contribution is -2.08. The molecular formula is C13H14ClN5. The quantitative estimate of drug-likeness (QED) is 0.689. The minimum atomic E-state index is 0.376. The Kier molecular flexibility index (Phi) is 2.98. The molecule has 19 heavy (non-hydrogen) atoms. The third-order valence-electron chi connectivity index (χ3n) is 3.13. The Morgan fingerprint density at radius 2 is 2.16 bits per heavy atom. The van der Waals surface area contributed by atoms with Crippen molar-refractivity contribution in [3.63, 3.8) is 0 Å². The van der Waals surface area contributed by atoms with E-state index in [1.807, 2.05) is 36.9 Å². The summed E-state index contributed by atoms with van der Waals surface area (Å²) < 4.78 is 3.92. The zero-order chi connectivity index (χ0) is 13.4. The molecule has 3 heterocycles. The first-order chi connectivity index (χ1) is 9.20. The van der Waals surface area contributed by atoms with E-state index in [0.29, 0.717) is 12.4 Å². The fourth-order valence-electron chi connectivity index (χ4n) is 2.30. The first-order valence-electron chi connectivity index (χ1n) is 6.05. The van der Waals surface area contributed by atoms with Crippen LogP contribution in [0.15, 0.2) is 24.4 Å². The Bertz CT molecular complexity index is 714. The van der Waals surface area contributed by atoms with Gasteiger partial charge in [-0.2, -0.15) is 5.10 Å². The van der Waals surface area contributed by atoms with Crippen LogP contribution in [0, 0.1) is 6.92 Å². The van der Waals surface area contributed by atoms with Crippen LogP contribution in [0.1, 0.15) is 17.2 Å². The molecule has 0 unspecified atom stereocenters. The van der Waals surface area contributed by atoms with Crippen molar-refractivity contribution in [3.8, 4) is 0 Å². The fourth-order valence-corrected chi connectivity index (χ4v) is 2.51. The predicted octanol–water partition coefficient (Wildman–Crippen LogP) is 2.26. The first kappa shape index (κ1) is 12.2. The molecule has 0 aromatic carbocycles. The van der Waals surface area contributed by atoms with Crippen molar-refractivity contribution in [1.82, 2.24) is 24.3 Å². The Hall–Kier alpha value is -1.88. The van der Waals surface area contributed by atoms with Crippen molar-refractivity contribution >= 4 is 22.8 Å². The second-order valence-corrected chi connectivity index (χ2v) is 4.72. The van der Waals surface area contributed by atoms with Gasteiger partial charge in [0.15, 0.2) is 5.65 Å². The maximum absolute atomic E-state index is 6.00. The van der Waals surface area contributed by atoms with E-state index in [-0.39, 0.29) is 0 Å². The number of rotatable bonds is 3. The first-order valence-corrected chi connectivity index (χ1v) is 6.58. The highest BCUT2D eigenvalue weighted by molar-refractivity contribution is 6.16. The van der Waals surface area contributed by atoms with E-state index in [4.69, 9.17) is 11.6 Å². The lowest BCUT2D eigenvalue weighted by molar-refractivity contribution is 0.694. The van der Waals surface area contributed by atoms with E-state index in [9.17, 15) is 0 Å². The van der Waals surface area contributed by atoms with Gasteiger partial charge in [0, 0.05) is 13.2 Å². The van der Waals surface area contributed by atoms with Crippen LogP contribution in [0.5, 0.6) is 0 Å². The van der Waals surface area contributed by atoms with E-state index in [0.717, 1.165) is 28.4 Å². The second kappa shape index (κ2) is 4.66. The average molecular weight is 276 g/mol. The number of imidazole rings is 1. The fraction of sp³-hybridized carbons (Fsp3) is 0.308. The van der Waals surface area contributed by atoms with Gasteiger partial charge in [0.1, 0.15) is 11.3 Å². The van der Waals surface area contributed by atoms with Crippen LogP contribution >= 0.6 is 11.6 Å². The number of hydrogen-bond acceptors (Lipinski definition) is 3. The van der Waals surface area contributed by atoms with E-state index in [1.54, 1.807) is 6.20 Å². The van der Waals surface area contributed by atoms with Crippen LogP contribution in [0.2, 0.25) is 0 Å². The van der Waals surface area contributed by atoms with Gasteiger partial charge in [-0.1, -0.05) is 6.07 Å². The van der Waals surface area contributed by atoms with Crippen LogP contribution in [0.4, 0.5) is 0 Å². The summed E-state index contributed by atoms with van der Waals surface area (Å²) in [6.07, 6.45) is 1.79. The highest BCUT2D eigenvalue weighted by Gasteiger charge is 2.17. The molecule has 3 aromatic rings. The van der Waals surface area contributed by atoms with Crippen LogP contribution in [-0.4, -0.2) is 24.3 Å². The van der Waals surface area contributed by atoms with Gasteiger partial charge >= 0.3 is 0 Å². The summed E-state index contributed by atoms with van der Waals surface area (Å²) >= 11 is 6.00. The summed E-state index contributed by atoms with van der Waals surface area (Å²) in [7, 11) is 1.92. The van der Waals surface area contributed by atoms with Gasteiger partial charge in [0.05, 0.1) is 23.8 Å². The van der Waals surface area contributed by atoms with Crippen LogP contribution in [0.3, 0.4) is 0 Å². The summed E-state index contributed by atoms with van der Waals surface area (Å²) in [4.78, 5) is 8.92. The number of alkyl halides is 1. The molecule has 3 aromatic heterocycles. The number of hydrogen-bond donors (Lipinski definition) is 0. The van der Waals surface area contributed by atoms with Crippen LogP contribution in [0.25, 0.3) is 11.2 Å². The number of fused-ring (bicyclic) bond motifs is 1. The predicted molar refractivity (Wildman–Crippen MR) is 74.1 cm³/mol. The second-order valence-electron chi connectivity index (χ2n) is 4.45. The molecule has 0 spiro atoms. The number of aryl methyl sites for hydroxylation is 2. The maximum atomic E-state index is 6.00. The number of halogens is 1. The van der Waals surface area contributed by atoms with Gasteiger partial charge in [-0.3, -0.25) is 9.67 Å². The Morgan fingerprint density at radius 1 is 1.32 bits per heavy atom. The van der Waals surface area contributed by atoms with Crippen molar-refractivity contribution in [2.75, 3.05) is 0 Å². The van der Waals surface area contributed by atoms with Crippen molar-refractivity contribution < 1.29 is 0 Å². The SMILES string of the molecule is Cc1nn(C)c2c1nc(CCl)n2Cc1ccccn1. The summed E-state index contributed by atoms with van der Waals surface area (Å²) in [6.45, 7) is 2.61. The van der Waals surface area contributed by atoms with Crippen molar-refractivity contribution in [1.29, 1.82) is 0 Å². The van der Waals surface area contributed by atoms with Gasteiger partial charge in [0.25, 0.3) is 0 Å². The zero-order valence-corrected chi connectivity index (χ0v) is 11.6. The third-order valence-corrected chi connectivity index (χ3v) is 3.37. The van der Waals surface area contributed by atoms with Crippen LogP contribution < -0.4 is 0 Å². The maximum Gasteiger partial charge on any atom is 0.159 e. The summed E-state index contributed by atoms with van der Waals surface area (Å²) in [5.74, 6) is 1.22. The molecular weight excluding hydrogens is 262 g/mol. The molecule has 5 nitrogen and oxygen atoms in total. The van der Waals surface area contributed by atoms with Gasteiger partial charge in [-0.25, -0.2) is 4.98 Å². The molecule has 3 rings (SSSR count). The lowest BCUT2D eigenvalue weighted by Gasteiger charge is -2.07. The molecule has 6 heteroatoms. The standard InChI is InChI=1S/C13H14ClN5/c1-9-12-13(18(2)17-9)19(11(7-14)16-12)8-10-5-3-4-6-15-10/h3-6H,7-8H2,1-2H3. The minimum absolute atomic E-state index is 0.376. The minimum Gasteiger partial charge on any atom is -0.306 e. The normalized spacial score (nSPS) is 11.3. The monoisotopic (exact) mass is 275 g/mol. The lowest BCUT2D eigenvalue weighted by atomic mass is 10.3. The number of aromatic nitrogens is 5. The molecule has 0 aliphatic carbocycles. The molecule has 0 saturated heterocycles. The molecule has 0 amide bonds. The molecule has 0 saturated carbocycles. The molecule has 0 bridgehead atoms. The largest absolute Gasteiger partial charge is 0.306 e. The zero-order valence-electron chi connectivity index (χ0n) is 10.8. The van der Waals surface area contributed by atoms with E-state index < -0.39 is 0 Å². The van der Waals surface area contributed by atoms with Crippen molar-refractivity contribution in [3.05, 3.63) is 41.6 Å². The Morgan fingerprint density at radius 3 is 2.84 bits per heavy atom. The smallest absolute Gasteiger partial charge is 0.159 e. The Balaban J connectivity index is 2.15. The molecule has 0 N–H and O–H groups in total. The third kappa shape index (κ3) is 2.00. The summed E-state index contributed by atoms with van der Waals surface area (Å²) in [5, 5.41) is 4.40. The molecule has 0 aliphatic heterocycles. The number of pyridine rings is 1. The molecule has 98 valence electrons. The van der Waals surface area contributed by atoms with E-state index >= 15 is 0 Å². The van der Waals surface area contributed by atoms with Crippen molar-refractivity contribution in [2.24, 2.45) is 7.05 Å². The van der Waals surface area contributed by atoms with Crippen molar-refractivity contribution in [2.45, 2.75) is 19.3 Å². The van der Waals surface area contributed by atoms with E-state index in [1.165, 1.54) is 0 Å². The topological polar surface area (TPSA) is 48.5 Å². The number of nitrogens with zero attached hydrogens (tertiary/aromatic N) is 5. The summed E-state index contributed by atoms with van der Waals surface area (Å²) in [5.41, 5.74) is 3.79. The molecule has 0 fully saturated rings. The van der Waals surface area contributed by atoms with Gasteiger partial charge in [0.2, 0.25) is 0 Å². The summed E-state index contributed by atoms with van der Waals surface area (Å²) in [6, 6.07) is 5.88. The molecule has 0 atom stereocenters. The van der Waals surface area contributed by atoms with Gasteiger partial charge in [-0.15, -0.1) is 11.6 Å². The average Bonchev–Trinajstić information content (AvgIpc) is 2.91. The van der Waals surface area contributed by atoms with Gasteiger partial charge in [-0.05, 0) is 19.1 Å². The van der Waals surface area contributed by atoms with Gasteiger partial charge < -0.3 is 4.57 Å². The van der Waals surface area contributed by atoms with E-state index in [2.05, 4.69) is 19.6 Å². The van der Waals surface area contributed by atoms with Crippen LogP contribution in [-0.2, 0) is 19.5 Å². The highest BCUT2D eigenvalue weighted by Crippen LogP contribution is 2.21. The molecule has 0 radical (unpaired) electrons. The highest BCUT2D eigenvalue weighted by atomic mass is 35.5.